The molecule has 1 aliphatic heterocycles. The highest BCUT2D eigenvalue weighted by atomic mass is 19.4. The molecule has 4 rings (SSSR count). The highest BCUT2D eigenvalue weighted by Crippen LogP contribution is 2.34. The number of alkyl halides is 3. The molecule has 0 aliphatic carbocycles. The lowest BCUT2D eigenvalue weighted by Gasteiger charge is -2.40. The molecule has 1 fully saturated rings. The number of anilines is 1. The number of aromatic nitrogens is 2. The first-order chi connectivity index (χ1) is 20.5. The number of hydrogen-bond acceptors (Lipinski definition) is 5. The molecule has 2 N–H and O–H groups in total. The lowest BCUT2D eigenvalue weighted by Crippen LogP contribution is -2.54. The molecule has 9 nitrogen and oxygen atoms in total. The van der Waals surface area contributed by atoms with Gasteiger partial charge in [0.1, 0.15) is 11.5 Å². The smallest absolute Gasteiger partial charge is 0.416 e. The third kappa shape index (κ3) is 6.67. The van der Waals surface area contributed by atoms with Crippen molar-refractivity contribution in [1.29, 1.82) is 0 Å². The molecule has 0 unspecified atom stereocenters. The third-order valence-electron chi connectivity index (χ3n) is 7.86. The van der Waals surface area contributed by atoms with Crippen molar-refractivity contribution in [2.45, 2.75) is 71.5 Å². The monoisotopic (exact) mass is 619 g/mol. The zero-order valence-corrected chi connectivity index (χ0v) is 25.3. The minimum absolute atomic E-state index is 0.0414. The van der Waals surface area contributed by atoms with Gasteiger partial charge in [-0.25, -0.2) is 14.0 Å². The molecule has 0 bridgehead atoms. The maximum atomic E-state index is 15.0. The van der Waals surface area contributed by atoms with Crippen LogP contribution in [0.3, 0.4) is 0 Å². The summed E-state index contributed by atoms with van der Waals surface area (Å²) in [7, 11) is 0. The van der Waals surface area contributed by atoms with E-state index >= 15 is 0 Å². The zero-order valence-electron chi connectivity index (χ0n) is 25.3. The van der Waals surface area contributed by atoms with Gasteiger partial charge in [-0.3, -0.25) is 18.8 Å². The number of amides is 1. The molecule has 44 heavy (non-hydrogen) atoms. The van der Waals surface area contributed by atoms with Crippen molar-refractivity contribution in [3.63, 3.8) is 0 Å². The summed E-state index contributed by atoms with van der Waals surface area (Å²) in [6.07, 6.45) is -6.18. The van der Waals surface area contributed by atoms with Crippen LogP contribution in [0.5, 0.6) is 0 Å². The minimum atomic E-state index is -4.90. The SMILES string of the molecule is Cc1c(N2CCN[C@@H](C)C2)c(=O)n(C[C@@H](c2ccccc2)N(C(=O)O)C(C)(C)C)c(=O)n1Cc1c(F)cccc1C(F)(F)F. The number of piperazine rings is 1. The Morgan fingerprint density at radius 3 is 2.30 bits per heavy atom. The number of benzene rings is 2. The molecule has 1 saturated heterocycles. The summed E-state index contributed by atoms with van der Waals surface area (Å²) < 4.78 is 58.7. The number of hydrogen-bond donors (Lipinski definition) is 2. The average Bonchev–Trinajstić information content (AvgIpc) is 2.92. The molecule has 13 heteroatoms. The Morgan fingerprint density at radius 1 is 1.07 bits per heavy atom. The summed E-state index contributed by atoms with van der Waals surface area (Å²) in [4.78, 5) is 43.8. The second-order valence-electron chi connectivity index (χ2n) is 12.0. The summed E-state index contributed by atoms with van der Waals surface area (Å²) in [5, 5.41) is 13.5. The van der Waals surface area contributed by atoms with Crippen LogP contribution in [-0.4, -0.2) is 56.4 Å². The van der Waals surface area contributed by atoms with Crippen molar-refractivity contribution in [3.8, 4) is 0 Å². The predicted molar refractivity (Wildman–Crippen MR) is 159 cm³/mol. The van der Waals surface area contributed by atoms with E-state index in [1.165, 1.54) is 6.92 Å². The second-order valence-corrected chi connectivity index (χ2v) is 12.0. The van der Waals surface area contributed by atoms with Crippen LogP contribution in [-0.2, 0) is 19.3 Å². The molecule has 3 aromatic rings. The van der Waals surface area contributed by atoms with Crippen molar-refractivity contribution in [3.05, 3.63) is 97.6 Å². The largest absolute Gasteiger partial charge is 0.465 e. The molecule has 1 aromatic heterocycles. The lowest BCUT2D eigenvalue weighted by atomic mass is 9.98. The van der Waals surface area contributed by atoms with Gasteiger partial charge >= 0.3 is 18.0 Å². The number of nitrogens with one attached hydrogen (secondary N) is 1. The average molecular weight is 620 g/mol. The Morgan fingerprint density at radius 2 is 1.73 bits per heavy atom. The summed E-state index contributed by atoms with van der Waals surface area (Å²) in [6.45, 7) is 8.43. The number of carbonyl (C=O) groups is 1. The Hall–Kier alpha value is -4.13. The van der Waals surface area contributed by atoms with Crippen LogP contribution >= 0.6 is 0 Å². The van der Waals surface area contributed by atoms with Gasteiger partial charge in [-0.15, -0.1) is 0 Å². The van der Waals surface area contributed by atoms with E-state index in [1.54, 1.807) is 56.0 Å². The molecule has 2 aromatic carbocycles. The molecule has 1 amide bonds. The Balaban J connectivity index is 2.00. The summed E-state index contributed by atoms with van der Waals surface area (Å²) in [5.41, 5.74) is -3.93. The maximum absolute atomic E-state index is 15.0. The second kappa shape index (κ2) is 12.5. The van der Waals surface area contributed by atoms with Gasteiger partial charge in [0.25, 0.3) is 5.56 Å². The topological polar surface area (TPSA) is 99.8 Å². The van der Waals surface area contributed by atoms with Gasteiger partial charge in [0.05, 0.1) is 24.7 Å². The summed E-state index contributed by atoms with van der Waals surface area (Å²) in [6, 6.07) is 10.0. The molecule has 1 aliphatic rings. The molecule has 238 valence electrons. The van der Waals surface area contributed by atoms with Gasteiger partial charge in [-0.05, 0) is 52.3 Å². The van der Waals surface area contributed by atoms with E-state index in [9.17, 15) is 37.1 Å². The number of rotatable bonds is 7. The van der Waals surface area contributed by atoms with Crippen LogP contribution in [0.15, 0.2) is 58.1 Å². The lowest BCUT2D eigenvalue weighted by molar-refractivity contribution is -0.138. The number of carboxylic acid groups (broad SMARTS) is 1. The Labute approximate surface area is 252 Å². The molecule has 2 atom stereocenters. The maximum Gasteiger partial charge on any atom is 0.416 e. The van der Waals surface area contributed by atoms with E-state index in [4.69, 9.17) is 0 Å². The van der Waals surface area contributed by atoms with Gasteiger partial charge in [-0.2, -0.15) is 13.2 Å². The van der Waals surface area contributed by atoms with Crippen LogP contribution in [0.25, 0.3) is 0 Å². The Bertz CT molecular complexity index is 1630. The van der Waals surface area contributed by atoms with Crippen LogP contribution < -0.4 is 21.5 Å². The van der Waals surface area contributed by atoms with E-state index < -0.39 is 65.1 Å². The quantitative estimate of drug-likeness (QED) is 0.368. The van der Waals surface area contributed by atoms with Gasteiger partial charge in [-0.1, -0.05) is 36.4 Å². The third-order valence-corrected chi connectivity index (χ3v) is 7.86. The van der Waals surface area contributed by atoms with Gasteiger partial charge in [0.2, 0.25) is 0 Å². The molecule has 2 heterocycles. The van der Waals surface area contributed by atoms with Crippen molar-refractivity contribution in [2.24, 2.45) is 0 Å². The first-order valence-corrected chi connectivity index (χ1v) is 14.3. The summed E-state index contributed by atoms with van der Waals surface area (Å²) >= 11 is 0. The minimum Gasteiger partial charge on any atom is -0.465 e. The normalized spacial score (nSPS) is 16.6. The van der Waals surface area contributed by atoms with E-state index in [-0.39, 0.29) is 17.4 Å². The van der Waals surface area contributed by atoms with Crippen LogP contribution in [0.1, 0.15) is 56.1 Å². The first-order valence-electron chi connectivity index (χ1n) is 14.3. The van der Waals surface area contributed by atoms with Crippen molar-refractivity contribution < 1.29 is 27.5 Å². The molecule has 0 radical (unpaired) electrons. The highest BCUT2D eigenvalue weighted by molar-refractivity contribution is 5.67. The van der Waals surface area contributed by atoms with E-state index in [0.29, 0.717) is 25.2 Å². The van der Waals surface area contributed by atoms with E-state index in [1.807, 2.05) is 6.92 Å². The Kier molecular flexibility index (Phi) is 9.29. The van der Waals surface area contributed by atoms with Crippen molar-refractivity contribution in [2.75, 3.05) is 24.5 Å². The molecule has 0 saturated carbocycles. The molecular formula is C31H37F4N5O4. The van der Waals surface area contributed by atoms with Gasteiger partial charge in [0, 0.05) is 42.5 Å². The highest BCUT2D eigenvalue weighted by Gasteiger charge is 2.37. The summed E-state index contributed by atoms with van der Waals surface area (Å²) in [5.74, 6) is -1.15. The predicted octanol–water partition coefficient (Wildman–Crippen LogP) is 4.84. The standard InChI is InChI=1S/C31H37F4N5O4/c1-19-16-37(15-14-36-19)26-20(2)38(17-22-23(31(33,34)35)12-9-13-24(22)32)28(42)39(27(26)41)18-25(21-10-7-6-8-11-21)40(29(43)44)30(3,4)5/h6-13,19,25,36H,14-18H2,1-5H3,(H,43,44)/t19-,25-/m0/s1. The first kappa shape index (κ1) is 32.8. The van der Waals surface area contributed by atoms with Crippen LogP contribution in [0.4, 0.5) is 28.0 Å². The van der Waals surface area contributed by atoms with E-state index in [0.717, 1.165) is 32.2 Å². The fraction of sp³-hybridized carbons (Fsp3) is 0.452. The molecule has 0 spiro atoms. The zero-order chi connectivity index (χ0) is 32.6. The molecular weight excluding hydrogens is 582 g/mol. The van der Waals surface area contributed by atoms with Crippen molar-refractivity contribution >= 4 is 11.8 Å². The van der Waals surface area contributed by atoms with E-state index in [2.05, 4.69) is 5.32 Å². The fourth-order valence-electron chi connectivity index (χ4n) is 5.85. The number of nitrogens with zero attached hydrogens (tertiary/aromatic N) is 4. The number of halogens is 4. The van der Waals surface area contributed by atoms with Crippen LogP contribution in [0.2, 0.25) is 0 Å². The van der Waals surface area contributed by atoms with Crippen molar-refractivity contribution in [1.82, 2.24) is 19.4 Å². The van der Waals surface area contributed by atoms with Crippen LogP contribution in [0, 0.1) is 12.7 Å². The fourth-order valence-corrected chi connectivity index (χ4v) is 5.85. The van der Waals surface area contributed by atoms with Gasteiger partial charge in [0.15, 0.2) is 0 Å². The van der Waals surface area contributed by atoms with Gasteiger partial charge < -0.3 is 15.3 Å².